The van der Waals surface area contributed by atoms with Crippen molar-refractivity contribution in [1.82, 2.24) is 4.90 Å². The Morgan fingerprint density at radius 1 is 1.30 bits per heavy atom. The van der Waals surface area contributed by atoms with Crippen LogP contribution in [0, 0.1) is 5.82 Å². The fraction of sp³-hybridized carbons (Fsp3) is 0.625. The normalized spacial score (nSPS) is 23.1. The van der Waals surface area contributed by atoms with Crippen molar-refractivity contribution in [3.63, 3.8) is 0 Å². The van der Waals surface area contributed by atoms with Gasteiger partial charge in [0.05, 0.1) is 7.11 Å². The molecule has 1 aromatic rings. The van der Waals surface area contributed by atoms with Crippen molar-refractivity contribution < 1.29 is 9.13 Å². The molecule has 1 aliphatic carbocycles. The molecule has 0 heterocycles. The van der Waals surface area contributed by atoms with Gasteiger partial charge in [-0.05, 0) is 38.3 Å². The molecular formula is C16H25FN2O. The third-order valence-corrected chi connectivity index (χ3v) is 4.30. The average molecular weight is 280 g/mol. The van der Waals surface area contributed by atoms with Gasteiger partial charge in [0.2, 0.25) is 0 Å². The van der Waals surface area contributed by atoms with Crippen molar-refractivity contribution in [1.29, 1.82) is 0 Å². The van der Waals surface area contributed by atoms with Crippen LogP contribution in [0.4, 0.5) is 4.39 Å². The first-order valence-corrected chi connectivity index (χ1v) is 7.46. The predicted octanol–water partition coefficient (Wildman–Crippen LogP) is 2.93. The van der Waals surface area contributed by atoms with Crippen LogP contribution in [0.1, 0.15) is 38.2 Å². The van der Waals surface area contributed by atoms with Crippen LogP contribution in [0.2, 0.25) is 0 Å². The molecule has 0 aromatic heterocycles. The Morgan fingerprint density at radius 2 is 2.00 bits per heavy atom. The molecule has 4 heteroatoms. The number of ether oxygens (including phenoxy) is 1. The molecule has 2 rings (SSSR count). The monoisotopic (exact) mass is 280 g/mol. The van der Waals surface area contributed by atoms with Gasteiger partial charge in [0, 0.05) is 24.2 Å². The quantitative estimate of drug-likeness (QED) is 0.901. The molecule has 20 heavy (non-hydrogen) atoms. The Bertz CT molecular complexity index is 430. The lowest BCUT2D eigenvalue weighted by molar-refractivity contribution is 0.147. The maximum Gasteiger partial charge on any atom is 0.169 e. The zero-order valence-corrected chi connectivity index (χ0v) is 12.4. The summed E-state index contributed by atoms with van der Waals surface area (Å²) in [5, 5.41) is 0. The summed E-state index contributed by atoms with van der Waals surface area (Å²) < 4.78 is 19.3. The van der Waals surface area contributed by atoms with Crippen molar-refractivity contribution in [2.45, 2.75) is 51.2 Å². The van der Waals surface area contributed by atoms with Crippen molar-refractivity contribution in [2.75, 3.05) is 13.7 Å². The minimum atomic E-state index is -0.235. The zero-order chi connectivity index (χ0) is 14.5. The maximum atomic E-state index is 14.2. The van der Waals surface area contributed by atoms with Crippen molar-refractivity contribution in [2.24, 2.45) is 5.73 Å². The van der Waals surface area contributed by atoms with Gasteiger partial charge < -0.3 is 10.5 Å². The molecule has 0 unspecified atom stereocenters. The highest BCUT2D eigenvalue weighted by Crippen LogP contribution is 2.26. The van der Waals surface area contributed by atoms with Crippen LogP contribution in [0.3, 0.4) is 0 Å². The lowest BCUT2D eigenvalue weighted by Crippen LogP contribution is -2.40. The Balaban J connectivity index is 2.06. The third-order valence-electron chi connectivity index (χ3n) is 4.30. The van der Waals surface area contributed by atoms with Gasteiger partial charge in [-0.15, -0.1) is 0 Å². The summed E-state index contributed by atoms with van der Waals surface area (Å²) in [5.74, 6) is 0.0881. The number of nitrogens with zero attached hydrogens (tertiary/aromatic N) is 1. The summed E-state index contributed by atoms with van der Waals surface area (Å²) in [6, 6.07) is 6.22. The van der Waals surface area contributed by atoms with Crippen LogP contribution in [0.25, 0.3) is 0 Å². The largest absolute Gasteiger partial charge is 0.494 e. The van der Waals surface area contributed by atoms with E-state index in [9.17, 15) is 4.39 Å². The van der Waals surface area contributed by atoms with Crippen molar-refractivity contribution >= 4 is 0 Å². The second-order valence-corrected chi connectivity index (χ2v) is 5.57. The van der Waals surface area contributed by atoms with Gasteiger partial charge in [-0.3, -0.25) is 4.90 Å². The van der Waals surface area contributed by atoms with Crippen molar-refractivity contribution in [3.8, 4) is 5.75 Å². The van der Waals surface area contributed by atoms with Crippen LogP contribution in [0.5, 0.6) is 5.75 Å². The fourth-order valence-corrected chi connectivity index (χ4v) is 3.02. The predicted molar refractivity (Wildman–Crippen MR) is 79.3 cm³/mol. The molecule has 0 amide bonds. The number of methoxy groups -OCH3 is 1. The molecule has 1 aliphatic rings. The number of hydrogen-bond donors (Lipinski definition) is 1. The maximum absolute atomic E-state index is 14.2. The highest BCUT2D eigenvalue weighted by atomic mass is 19.1. The van der Waals surface area contributed by atoms with Crippen LogP contribution < -0.4 is 10.5 Å². The van der Waals surface area contributed by atoms with Crippen molar-refractivity contribution in [3.05, 3.63) is 29.6 Å². The van der Waals surface area contributed by atoms with E-state index in [4.69, 9.17) is 10.5 Å². The molecule has 0 saturated heterocycles. The Kier molecular flexibility index (Phi) is 5.38. The molecule has 0 aliphatic heterocycles. The van der Waals surface area contributed by atoms with E-state index >= 15 is 0 Å². The molecule has 0 atom stereocenters. The van der Waals surface area contributed by atoms with Crippen LogP contribution in [0.15, 0.2) is 18.2 Å². The lowest BCUT2D eigenvalue weighted by Gasteiger charge is -2.35. The summed E-state index contributed by atoms with van der Waals surface area (Å²) in [7, 11) is 1.50. The standard InChI is InChI=1S/C16H25FN2O/c1-3-19(14-9-7-13(18)8-10-14)11-12-5-4-6-15(20-2)16(12)17/h4-6,13-14H,3,7-11,18H2,1-2H3. The summed E-state index contributed by atoms with van der Waals surface area (Å²) in [6.07, 6.45) is 4.37. The minimum absolute atomic E-state index is 0.235. The van der Waals surface area contributed by atoms with E-state index in [0.717, 1.165) is 32.2 Å². The summed E-state index contributed by atoms with van der Waals surface area (Å²) in [6.45, 7) is 3.70. The summed E-state index contributed by atoms with van der Waals surface area (Å²) in [5.41, 5.74) is 6.67. The second kappa shape index (κ2) is 7.04. The Morgan fingerprint density at radius 3 is 2.60 bits per heavy atom. The Labute approximate surface area is 120 Å². The van der Waals surface area contributed by atoms with E-state index < -0.39 is 0 Å². The van der Waals surface area contributed by atoms with E-state index in [-0.39, 0.29) is 5.82 Å². The van der Waals surface area contributed by atoms with Crippen LogP contribution in [-0.2, 0) is 6.54 Å². The number of rotatable bonds is 5. The first-order valence-electron chi connectivity index (χ1n) is 7.46. The van der Waals surface area contributed by atoms with E-state index in [1.807, 2.05) is 12.1 Å². The van der Waals surface area contributed by atoms with Gasteiger partial charge in [-0.2, -0.15) is 0 Å². The van der Waals surface area contributed by atoms with Gasteiger partial charge in [0.25, 0.3) is 0 Å². The lowest BCUT2D eigenvalue weighted by atomic mass is 9.90. The summed E-state index contributed by atoms with van der Waals surface area (Å²) in [4.78, 5) is 2.35. The first-order chi connectivity index (χ1) is 9.65. The third kappa shape index (κ3) is 3.49. The number of nitrogens with two attached hydrogens (primary N) is 1. The molecule has 1 saturated carbocycles. The highest BCUT2D eigenvalue weighted by Gasteiger charge is 2.24. The molecule has 0 radical (unpaired) electrons. The molecule has 112 valence electrons. The molecular weight excluding hydrogens is 255 g/mol. The summed E-state index contributed by atoms with van der Waals surface area (Å²) >= 11 is 0. The zero-order valence-electron chi connectivity index (χ0n) is 12.4. The smallest absolute Gasteiger partial charge is 0.169 e. The van der Waals surface area contributed by atoms with E-state index in [2.05, 4.69) is 11.8 Å². The van der Waals surface area contributed by atoms with Crippen LogP contribution >= 0.6 is 0 Å². The first kappa shape index (κ1) is 15.3. The number of benzene rings is 1. The van der Waals surface area contributed by atoms with Gasteiger partial charge in [0.1, 0.15) is 0 Å². The highest BCUT2D eigenvalue weighted by molar-refractivity contribution is 5.31. The Hall–Kier alpha value is -1.13. The SMILES string of the molecule is CCN(Cc1cccc(OC)c1F)C1CCC(N)CC1. The van der Waals surface area contributed by atoms with E-state index in [1.54, 1.807) is 6.07 Å². The minimum Gasteiger partial charge on any atom is -0.494 e. The van der Waals surface area contributed by atoms with E-state index in [0.29, 0.717) is 29.9 Å². The molecule has 2 N–H and O–H groups in total. The van der Waals surface area contributed by atoms with E-state index in [1.165, 1.54) is 7.11 Å². The van der Waals surface area contributed by atoms with Gasteiger partial charge in [-0.25, -0.2) is 4.39 Å². The average Bonchev–Trinajstić information content (AvgIpc) is 2.47. The topological polar surface area (TPSA) is 38.5 Å². The van der Waals surface area contributed by atoms with Gasteiger partial charge >= 0.3 is 0 Å². The number of hydrogen-bond acceptors (Lipinski definition) is 3. The van der Waals surface area contributed by atoms with Gasteiger partial charge in [0.15, 0.2) is 11.6 Å². The molecule has 0 spiro atoms. The molecule has 1 aromatic carbocycles. The molecule has 1 fully saturated rings. The molecule has 3 nitrogen and oxygen atoms in total. The number of halogens is 1. The molecule has 0 bridgehead atoms. The fourth-order valence-electron chi connectivity index (χ4n) is 3.02. The van der Waals surface area contributed by atoms with Gasteiger partial charge in [-0.1, -0.05) is 19.1 Å². The van der Waals surface area contributed by atoms with Crippen LogP contribution in [-0.4, -0.2) is 30.6 Å². The second-order valence-electron chi connectivity index (χ2n) is 5.57.